The highest BCUT2D eigenvalue weighted by Crippen LogP contribution is 2.33. The average molecular weight is 486 g/mol. The number of nitrogens with zero attached hydrogens (tertiary/aromatic N) is 2. The van der Waals surface area contributed by atoms with Crippen LogP contribution in [0.5, 0.6) is 5.75 Å². The first kappa shape index (κ1) is 23.9. The maximum atomic E-state index is 12.8. The topological polar surface area (TPSA) is 67.3 Å². The quantitative estimate of drug-likeness (QED) is 0.303. The molecule has 0 aliphatic heterocycles. The van der Waals surface area contributed by atoms with Gasteiger partial charge in [-0.2, -0.15) is 13.2 Å². The predicted octanol–water partition coefficient (Wildman–Crippen LogP) is 5.59. The van der Waals surface area contributed by atoms with Crippen LogP contribution in [0.4, 0.5) is 13.2 Å². The van der Waals surface area contributed by atoms with Crippen LogP contribution in [0.2, 0.25) is 0 Å². The van der Waals surface area contributed by atoms with E-state index < -0.39 is 11.7 Å². The summed E-state index contributed by atoms with van der Waals surface area (Å²) in [7, 11) is 0. The Bertz CT molecular complexity index is 1180. The summed E-state index contributed by atoms with van der Waals surface area (Å²) in [5.74, 6) is 0.700. The highest BCUT2D eigenvalue weighted by Gasteiger charge is 2.30. The number of thiazole rings is 1. The first-order chi connectivity index (χ1) is 16.4. The Morgan fingerprint density at radius 2 is 1.74 bits per heavy atom. The summed E-state index contributed by atoms with van der Waals surface area (Å²) < 4.78 is 44.1. The van der Waals surface area contributed by atoms with E-state index in [1.54, 1.807) is 12.4 Å². The molecule has 0 aliphatic rings. The zero-order valence-corrected chi connectivity index (χ0v) is 18.8. The normalized spacial score (nSPS) is 12.5. The molecule has 2 aromatic carbocycles. The van der Waals surface area contributed by atoms with Crippen molar-refractivity contribution in [2.24, 2.45) is 0 Å². The maximum Gasteiger partial charge on any atom is 0.416 e. The summed E-state index contributed by atoms with van der Waals surface area (Å²) in [4.78, 5) is 8.63. The molecule has 5 nitrogen and oxygen atoms in total. The monoisotopic (exact) mass is 485 g/mol. The van der Waals surface area contributed by atoms with Crippen LogP contribution in [0, 0.1) is 0 Å². The van der Waals surface area contributed by atoms with Crippen molar-refractivity contribution in [1.29, 1.82) is 0 Å². The summed E-state index contributed by atoms with van der Waals surface area (Å²) in [6.45, 7) is 0.928. The Kier molecular flexibility index (Phi) is 7.56. The lowest BCUT2D eigenvalue weighted by Crippen LogP contribution is -2.28. The van der Waals surface area contributed by atoms with Crippen molar-refractivity contribution in [2.45, 2.75) is 12.2 Å². The van der Waals surface area contributed by atoms with Crippen molar-refractivity contribution in [1.82, 2.24) is 15.3 Å². The molecule has 0 spiro atoms. The van der Waals surface area contributed by atoms with Crippen molar-refractivity contribution < 1.29 is 23.0 Å². The van der Waals surface area contributed by atoms with Crippen LogP contribution < -0.4 is 10.1 Å². The minimum atomic E-state index is -4.35. The number of aliphatic hydroxyl groups excluding tert-OH is 1. The van der Waals surface area contributed by atoms with Crippen LogP contribution in [0.3, 0.4) is 0 Å². The molecule has 0 unspecified atom stereocenters. The maximum absolute atomic E-state index is 12.8. The van der Waals surface area contributed by atoms with Gasteiger partial charge in [-0.3, -0.25) is 4.98 Å². The Morgan fingerprint density at radius 1 is 1.00 bits per heavy atom. The lowest BCUT2D eigenvalue weighted by Gasteiger charge is -2.16. The lowest BCUT2D eigenvalue weighted by atomic mass is 10.1. The molecule has 2 aromatic heterocycles. The highest BCUT2D eigenvalue weighted by molar-refractivity contribution is 7.13. The molecule has 0 amide bonds. The number of ether oxygens (including phenoxy) is 1. The van der Waals surface area contributed by atoms with Crippen molar-refractivity contribution in [3.63, 3.8) is 0 Å². The third-order valence-electron chi connectivity index (χ3n) is 5.14. The van der Waals surface area contributed by atoms with E-state index in [2.05, 4.69) is 15.3 Å². The van der Waals surface area contributed by atoms with Gasteiger partial charge in [-0.25, -0.2) is 4.98 Å². The molecule has 0 saturated heterocycles. The Balaban J connectivity index is 1.31. The molecule has 34 heavy (non-hydrogen) atoms. The van der Waals surface area contributed by atoms with E-state index in [1.807, 2.05) is 41.8 Å². The van der Waals surface area contributed by atoms with Crippen LogP contribution in [0.15, 0.2) is 78.4 Å². The number of pyridine rings is 1. The van der Waals surface area contributed by atoms with Crippen LogP contribution in [0.25, 0.3) is 21.8 Å². The molecular formula is C25H22F3N3O2S. The third kappa shape index (κ3) is 5.99. The van der Waals surface area contributed by atoms with Gasteiger partial charge in [0, 0.05) is 35.4 Å². The minimum Gasteiger partial charge on any atom is -0.492 e. The van der Waals surface area contributed by atoms with E-state index in [4.69, 9.17) is 4.74 Å². The van der Waals surface area contributed by atoms with Gasteiger partial charge in [0.1, 0.15) is 17.4 Å². The molecule has 1 atom stereocenters. The molecule has 9 heteroatoms. The van der Waals surface area contributed by atoms with Crippen LogP contribution in [0.1, 0.15) is 17.2 Å². The number of hydrogen-bond donors (Lipinski definition) is 2. The molecule has 0 fully saturated rings. The fourth-order valence-corrected chi connectivity index (χ4v) is 4.17. The summed E-state index contributed by atoms with van der Waals surface area (Å²) in [5, 5.41) is 15.3. The molecule has 0 saturated carbocycles. The van der Waals surface area contributed by atoms with E-state index in [9.17, 15) is 18.3 Å². The largest absolute Gasteiger partial charge is 0.492 e. The molecular weight excluding hydrogens is 463 g/mol. The smallest absolute Gasteiger partial charge is 0.416 e. The summed E-state index contributed by atoms with van der Waals surface area (Å²) in [5.41, 5.74) is 2.51. The Labute approximate surface area is 198 Å². The van der Waals surface area contributed by atoms with Gasteiger partial charge >= 0.3 is 6.18 Å². The summed E-state index contributed by atoms with van der Waals surface area (Å²) >= 11 is 1.38. The van der Waals surface area contributed by atoms with E-state index >= 15 is 0 Å². The number of halogens is 3. The molecule has 2 heterocycles. The van der Waals surface area contributed by atoms with Gasteiger partial charge in [-0.05, 0) is 48.0 Å². The fraction of sp³-hybridized carbons (Fsp3) is 0.200. The first-order valence-corrected chi connectivity index (χ1v) is 11.4. The average Bonchev–Trinajstić information content (AvgIpc) is 3.35. The van der Waals surface area contributed by atoms with E-state index in [-0.39, 0.29) is 12.6 Å². The summed E-state index contributed by atoms with van der Waals surface area (Å²) in [6, 6.07) is 16.0. The highest BCUT2D eigenvalue weighted by atomic mass is 32.1. The van der Waals surface area contributed by atoms with Crippen molar-refractivity contribution >= 4 is 11.3 Å². The fourth-order valence-electron chi connectivity index (χ4n) is 3.33. The lowest BCUT2D eigenvalue weighted by molar-refractivity contribution is -0.137. The Hall–Kier alpha value is -3.27. The first-order valence-electron chi connectivity index (χ1n) is 10.5. The standard InChI is InChI=1S/C25H22F3N3O2S/c26-25(27,28)20-7-3-18(4-8-20)24-31-23(16-34-24)17-5-9-21(10-6-17)33-13-12-30-22(15-32)19-2-1-11-29-14-19/h1-11,14,16,22,30,32H,12-13,15H2/t22-/m0/s1. The third-order valence-corrected chi connectivity index (χ3v) is 6.04. The number of rotatable bonds is 9. The van der Waals surface area contributed by atoms with E-state index in [1.165, 1.54) is 23.5 Å². The SMILES string of the molecule is OC[C@H](NCCOc1ccc(-c2csc(-c3ccc(C(F)(F)F)cc3)n2)cc1)c1cccnc1. The number of benzene rings is 2. The second kappa shape index (κ2) is 10.8. The zero-order valence-electron chi connectivity index (χ0n) is 18.0. The number of nitrogens with one attached hydrogen (secondary N) is 1. The summed E-state index contributed by atoms with van der Waals surface area (Å²) in [6.07, 6.45) is -0.951. The minimum absolute atomic E-state index is 0.0392. The van der Waals surface area contributed by atoms with Gasteiger partial charge in [0.25, 0.3) is 0 Å². The molecule has 0 radical (unpaired) electrons. The van der Waals surface area contributed by atoms with E-state index in [0.29, 0.717) is 29.5 Å². The number of aromatic nitrogens is 2. The Morgan fingerprint density at radius 3 is 2.38 bits per heavy atom. The van der Waals surface area contributed by atoms with Gasteiger partial charge < -0.3 is 15.2 Å². The molecule has 4 aromatic rings. The van der Waals surface area contributed by atoms with Crippen molar-refractivity contribution in [2.75, 3.05) is 19.8 Å². The van der Waals surface area contributed by atoms with Crippen molar-refractivity contribution in [3.8, 4) is 27.6 Å². The van der Waals surface area contributed by atoms with Gasteiger partial charge in [0.2, 0.25) is 0 Å². The molecule has 2 N–H and O–H groups in total. The number of aliphatic hydroxyl groups is 1. The molecule has 176 valence electrons. The number of alkyl halides is 3. The second-order valence-electron chi connectivity index (χ2n) is 7.46. The molecule has 0 aliphatic carbocycles. The molecule has 4 rings (SSSR count). The van der Waals surface area contributed by atoms with Gasteiger partial charge in [-0.1, -0.05) is 18.2 Å². The van der Waals surface area contributed by atoms with Crippen molar-refractivity contribution in [3.05, 3.63) is 89.6 Å². The number of hydrogen-bond acceptors (Lipinski definition) is 6. The zero-order chi connectivity index (χ0) is 24.0. The predicted molar refractivity (Wildman–Crippen MR) is 126 cm³/mol. The van der Waals surface area contributed by atoms with Crippen LogP contribution >= 0.6 is 11.3 Å². The van der Waals surface area contributed by atoms with Gasteiger partial charge in [0.05, 0.1) is 23.9 Å². The van der Waals surface area contributed by atoms with Gasteiger partial charge in [0.15, 0.2) is 0 Å². The van der Waals surface area contributed by atoms with Gasteiger partial charge in [-0.15, -0.1) is 11.3 Å². The van der Waals surface area contributed by atoms with Crippen LogP contribution in [-0.4, -0.2) is 34.8 Å². The molecule has 0 bridgehead atoms. The van der Waals surface area contributed by atoms with E-state index in [0.717, 1.165) is 29.0 Å². The second-order valence-corrected chi connectivity index (χ2v) is 8.32. The van der Waals surface area contributed by atoms with Crippen LogP contribution in [-0.2, 0) is 6.18 Å².